The summed E-state index contributed by atoms with van der Waals surface area (Å²) in [6, 6.07) is 95.3. The topological polar surface area (TPSA) is 8.17 Å². The van der Waals surface area contributed by atoms with Crippen LogP contribution in [0.2, 0.25) is 0 Å². The number of hydrogen-bond acceptors (Lipinski definition) is 1. The molecule has 64 heavy (non-hydrogen) atoms. The highest BCUT2D eigenvalue weighted by molar-refractivity contribution is 7.12. The van der Waals surface area contributed by atoms with Gasteiger partial charge in [-0.25, -0.2) is 0 Å². The second-order valence-electron chi connectivity index (χ2n) is 16.9. The number of hydrogen-bond donors (Lipinski definition) is 0. The molecule has 1 aliphatic rings. The van der Waals surface area contributed by atoms with Gasteiger partial charge in [-0.2, -0.15) is 0 Å². The molecule has 0 radical (unpaired) electrons. The Kier molecular flexibility index (Phi) is 9.28. The van der Waals surface area contributed by atoms with Crippen LogP contribution < -0.4 is 20.5 Å². The fourth-order valence-electron chi connectivity index (χ4n) is 10.5. The fraction of sp³-hybridized carbons (Fsp3) is 0.0164. The average Bonchev–Trinajstić information content (AvgIpc) is 3.71. The zero-order chi connectivity index (χ0) is 42.5. The summed E-state index contributed by atoms with van der Waals surface area (Å²) >= 11 is 0. The normalized spacial score (nSPS) is 12.8. The van der Waals surface area contributed by atoms with Gasteiger partial charge in [0.1, 0.15) is 0 Å². The van der Waals surface area contributed by atoms with Crippen molar-refractivity contribution < 1.29 is 0 Å². The first kappa shape index (κ1) is 37.8. The first-order chi connectivity index (χ1) is 31.7. The molecular formula is C61H44N2Si. The molecule has 1 aromatic heterocycles. The molecule has 0 saturated heterocycles. The molecule has 0 N–H and O–H groups in total. The summed E-state index contributed by atoms with van der Waals surface area (Å²) in [6.07, 6.45) is 0. The van der Waals surface area contributed by atoms with Crippen LogP contribution in [0.25, 0.3) is 60.9 Å². The van der Waals surface area contributed by atoms with E-state index in [1.807, 2.05) is 0 Å². The number of para-hydroxylation sites is 1. The van der Waals surface area contributed by atoms with Gasteiger partial charge in [-0.05, 0) is 104 Å². The molecule has 1 aliphatic heterocycles. The standard InChI is InChI=1S/C61H44N2Si/c1-5-18-44(19-6-1)46-32-36-49(37-33-46)62(50-38-34-47(35-39-50)45-20-7-2-8-21-45)51-40-41-56-55-28-15-16-29-57(55)63(59(56)42-51)58-30-17-31-60-61(58)54-27-14-13-22-48(54)43-64(60,52-23-9-3-10-24-52)53-25-11-4-12-26-53/h1-42H,43H2. The van der Waals surface area contributed by atoms with Gasteiger partial charge in [0.25, 0.3) is 0 Å². The Labute approximate surface area is 375 Å². The minimum atomic E-state index is -2.58. The Hall–Kier alpha value is -7.98. The van der Waals surface area contributed by atoms with E-state index in [9.17, 15) is 0 Å². The van der Waals surface area contributed by atoms with Crippen LogP contribution in [0.3, 0.4) is 0 Å². The quantitative estimate of drug-likeness (QED) is 0.139. The third-order valence-electron chi connectivity index (χ3n) is 13.4. The molecule has 2 nitrogen and oxygen atoms in total. The van der Waals surface area contributed by atoms with E-state index in [-0.39, 0.29) is 0 Å². The van der Waals surface area contributed by atoms with Gasteiger partial charge >= 0.3 is 0 Å². The number of anilines is 3. The summed E-state index contributed by atoms with van der Waals surface area (Å²) in [6.45, 7) is 0. The van der Waals surface area contributed by atoms with E-state index >= 15 is 0 Å². The van der Waals surface area contributed by atoms with Crippen LogP contribution in [0.15, 0.2) is 255 Å². The van der Waals surface area contributed by atoms with Gasteiger partial charge in [0.2, 0.25) is 0 Å². The molecule has 0 saturated carbocycles. The SMILES string of the molecule is c1ccc(-c2ccc(N(c3ccc(-c4ccccc4)cc3)c3ccc4c5ccccc5n(-c5cccc6c5-c5ccccc5C[Si]6(c5ccccc5)c5ccccc5)c4c3)cc2)cc1. The zero-order valence-electron chi connectivity index (χ0n) is 35.4. The van der Waals surface area contributed by atoms with Crippen molar-refractivity contribution in [3.63, 3.8) is 0 Å². The summed E-state index contributed by atoms with van der Waals surface area (Å²) in [4.78, 5) is 2.41. The van der Waals surface area contributed by atoms with Crippen molar-refractivity contribution in [1.82, 2.24) is 4.57 Å². The lowest BCUT2D eigenvalue weighted by Gasteiger charge is -2.40. The maximum atomic E-state index is 2.55. The molecule has 2 heterocycles. The van der Waals surface area contributed by atoms with Crippen molar-refractivity contribution in [2.24, 2.45) is 0 Å². The minimum absolute atomic E-state index is 1.01. The highest BCUT2D eigenvalue weighted by Gasteiger charge is 2.45. The van der Waals surface area contributed by atoms with Gasteiger partial charge in [-0.15, -0.1) is 0 Å². The van der Waals surface area contributed by atoms with Gasteiger partial charge in [0.15, 0.2) is 8.07 Å². The molecule has 12 rings (SSSR count). The van der Waals surface area contributed by atoms with E-state index in [0.29, 0.717) is 0 Å². The lowest BCUT2D eigenvalue weighted by atomic mass is 9.97. The number of fused-ring (bicyclic) bond motifs is 6. The fourth-order valence-corrected chi connectivity index (χ4v) is 15.5. The van der Waals surface area contributed by atoms with Crippen LogP contribution in [0.5, 0.6) is 0 Å². The number of aromatic nitrogens is 1. The number of rotatable bonds is 8. The molecule has 11 aromatic rings. The second kappa shape index (κ2) is 15.7. The second-order valence-corrected chi connectivity index (χ2v) is 20.7. The van der Waals surface area contributed by atoms with Crippen LogP contribution in [0, 0.1) is 0 Å². The minimum Gasteiger partial charge on any atom is -0.310 e. The van der Waals surface area contributed by atoms with Crippen molar-refractivity contribution in [1.29, 1.82) is 0 Å². The summed E-state index contributed by atoms with van der Waals surface area (Å²) < 4.78 is 2.55. The predicted octanol–water partition coefficient (Wildman–Crippen LogP) is 13.8. The van der Waals surface area contributed by atoms with Gasteiger partial charge < -0.3 is 9.47 Å². The first-order valence-corrected chi connectivity index (χ1v) is 24.4. The van der Waals surface area contributed by atoms with Crippen molar-refractivity contribution in [2.75, 3.05) is 4.90 Å². The van der Waals surface area contributed by atoms with Crippen LogP contribution in [0.1, 0.15) is 5.56 Å². The Morgan fingerprint density at radius 1 is 0.359 bits per heavy atom. The molecule has 10 aromatic carbocycles. The summed E-state index contributed by atoms with van der Waals surface area (Å²) in [5.41, 5.74) is 15.7. The number of benzene rings is 10. The maximum Gasteiger partial charge on any atom is 0.153 e. The Bertz CT molecular complexity index is 3310. The summed E-state index contributed by atoms with van der Waals surface area (Å²) in [7, 11) is -2.58. The third kappa shape index (κ3) is 6.24. The van der Waals surface area contributed by atoms with Gasteiger partial charge in [0, 0.05) is 33.4 Å². The van der Waals surface area contributed by atoms with E-state index < -0.39 is 8.07 Å². The first-order valence-electron chi connectivity index (χ1n) is 22.2. The third-order valence-corrected chi connectivity index (χ3v) is 18.3. The smallest absolute Gasteiger partial charge is 0.153 e. The number of nitrogens with zero attached hydrogens (tertiary/aromatic N) is 2. The Morgan fingerprint density at radius 2 is 0.844 bits per heavy atom. The molecule has 0 amide bonds. The molecule has 3 heteroatoms. The van der Waals surface area contributed by atoms with E-state index in [1.165, 1.54) is 82.0 Å². The molecule has 0 bridgehead atoms. The average molecular weight is 833 g/mol. The van der Waals surface area contributed by atoms with Gasteiger partial charge in [-0.3, -0.25) is 0 Å². The van der Waals surface area contributed by atoms with Crippen LogP contribution in [-0.4, -0.2) is 12.6 Å². The highest BCUT2D eigenvalue weighted by atomic mass is 28.3. The van der Waals surface area contributed by atoms with Crippen LogP contribution in [0.4, 0.5) is 17.1 Å². The Balaban J connectivity index is 1.10. The largest absolute Gasteiger partial charge is 0.310 e. The van der Waals surface area contributed by atoms with Crippen molar-refractivity contribution in [2.45, 2.75) is 6.04 Å². The molecule has 0 unspecified atom stereocenters. The monoisotopic (exact) mass is 832 g/mol. The molecule has 302 valence electrons. The molecule has 0 spiro atoms. The predicted molar refractivity (Wildman–Crippen MR) is 273 cm³/mol. The van der Waals surface area contributed by atoms with E-state index in [0.717, 1.165) is 23.1 Å². The van der Waals surface area contributed by atoms with Crippen molar-refractivity contribution in [3.8, 4) is 39.1 Å². The molecule has 0 aliphatic carbocycles. The molecule has 0 atom stereocenters. The molecular weight excluding hydrogens is 789 g/mol. The Morgan fingerprint density at radius 3 is 1.45 bits per heavy atom. The van der Waals surface area contributed by atoms with E-state index in [1.54, 1.807) is 0 Å². The van der Waals surface area contributed by atoms with Crippen molar-refractivity contribution >= 4 is 62.5 Å². The highest BCUT2D eigenvalue weighted by Crippen LogP contribution is 2.43. The maximum absolute atomic E-state index is 2.58. The van der Waals surface area contributed by atoms with Gasteiger partial charge in [-0.1, -0.05) is 206 Å². The van der Waals surface area contributed by atoms with Gasteiger partial charge in [0.05, 0.1) is 16.7 Å². The van der Waals surface area contributed by atoms with Crippen LogP contribution in [-0.2, 0) is 6.04 Å². The van der Waals surface area contributed by atoms with Crippen LogP contribution >= 0.6 is 0 Å². The van der Waals surface area contributed by atoms with Crippen molar-refractivity contribution in [3.05, 3.63) is 260 Å². The van der Waals surface area contributed by atoms with E-state index in [4.69, 9.17) is 0 Å². The van der Waals surface area contributed by atoms with E-state index in [2.05, 4.69) is 264 Å². The summed E-state index contributed by atoms with van der Waals surface area (Å²) in [5.74, 6) is 0. The zero-order valence-corrected chi connectivity index (χ0v) is 36.4. The lowest BCUT2D eigenvalue weighted by molar-refractivity contribution is 1.17. The molecule has 0 fully saturated rings. The summed E-state index contributed by atoms with van der Waals surface area (Å²) in [5, 5.41) is 6.80. The lowest BCUT2D eigenvalue weighted by Crippen LogP contribution is -2.70.